The quantitative estimate of drug-likeness (QED) is 0.782. The lowest BCUT2D eigenvalue weighted by atomic mass is 10.2. The largest absolute Gasteiger partial charge is 0.481 e. The summed E-state index contributed by atoms with van der Waals surface area (Å²) in [5.41, 5.74) is 6.36. The SMILES string of the molecule is Nc1cc(Br)c(OCC(=O)N2CCCCCC2)c(Br)c1. The Balaban J connectivity index is 1.96. The van der Waals surface area contributed by atoms with Crippen LogP contribution in [-0.2, 0) is 4.79 Å². The fraction of sp³-hybridized carbons (Fsp3) is 0.500. The van der Waals surface area contributed by atoms with E-state index < -0.39 is 0 Å². The number of ether oxygens (including phenoxy) is 1. The lowest BCUT2D eigenvalue weighted by molar-refractivity contribution is -0.133. The molecule has 20 heavy (non-hydrogen) atoms. The average molecular weight is 406 g/mol. The standard InChI is InChI=1S/C14H18Br2N2O2/c15-11-7-10(17)8-12(16)14(11)20-9-13(19)18-5-3-1-2-4-6-18/h7-8H,1-6,9,17H2. The van der Waals surface area contributed by atoms with Gasteiger partial charge in [0.2, 0.25) is 0 Å². The van der Waals surface area contributed by atoms with E-state index in [0.29, 0.717) is 11.4 Å². The molecule has 1 heterocycles. The van der Waals surface area contributed by atoms with Gasteiger partial charge in [-0.3, -0.25) is 4.79 Å². The van der Waals surface area contributed by atoms with E-state index in [0.717, 1.165) is 34.9 Å². The van der Waals surface area contributed by atoms with E-state index in [4.69, 9.17) is 10.5 Å². The maximum Gasteiger partial charge on any atom is 0.260 e. The van der Waals surface area contributed by atoms with Gasteiger partial charge in [-0.2, -0.15) is 0 Å². The van der Waals surface area contributed by atoms with Crippen molar-refractivity contribution in [2.45, 2.75) is 25.7 Å². The van der Waals surface area contributed by atoms with Gasteiger partial charge in [-0.1, -0.05) is 12.8 Å². The highest BCUT2D eigenvalue weighted by molar-refractivity contribution is 9.11. The molecule has 0 radical (unpaired) electrons. The molecule has 1 aliphatic heterocycles. The van der Waals surface area contributed by atoms with Crippen molar-refractivity contribution >= 4 is 43.5 Å². The van der Waals surface area contributed by atoms with Crippen LogP contribution in [0.1, 0.15) is 25.7 Å². The van der Waals surface area contributed by atoms with E-state index in [-0.39, 0.29) is 12.5 Å². The van der Waals surface area contributed by atoms with Crippen LogP contribution in [0.4, 0.5) is 5.69 Å². The summed E-state index contributed by atoms with van der Waals surface area (Å²) >= 11 is 6.79. The summed E-state index contributed by atoms with van der Waals surface area (Å²) in [4.78, 5) is 14.1. The minimum absolute atomic E-state index is 0.0440. The minimum Gasteiger partial charge on any atom is -0.481 e. The molecule has 1 aromatic carbocycles. The highest BCUT2D eigenvalue weighted by atomic mass is 79.9. The van der Waals surface area contributed by atoms with Crippen molar-refractivity contribution in [1.29, 1.82) is 0 Å². The number of anilines is 1. The van der Waals surface area contributed by atoms with Gasteiger partial charge in [-0.25, -0.2) is 0 Å². The van der Waals surface area contributed by atoms with Crippen LogP contribution in [0.5, 0.6) is 5.75 Å². The fourth-order valence-corrected chi connectivity index (χ4v) is 3.71. The summed E-state index contributed by atoms with van der Waals surface area (Å²) < 4.78 is 7.12. The molecule has 0 unspecified atom stereocenters. The molecule has 4 nitrogen and oxygen atoms in total. The molecular formula is C14H18Br2N2O2. The predicted molar refractivity (Wildman–Crippen MR) is 86.8 cm³/mol. The number of hydrogen-bond acceptors (Lipinski definition) is 3. The molecule has 0 aromatic heterocycles. The van der Waals surface area contributed by atoms with Crippen molar-refractivity contribution in [3.05, 3.63) is 21.1 Å². The number of amides is 1. The molecule has 110 valence electrons. The van der Waals surface area contributed by atoms with Crippen molar-refractivity contribution in [2.24, 2.45) is 0 Å². The molecule has 0 spiro atoms. The normalized spacial score (nSPS) is 15.8. The summed E-state index contributed by atoms with van der Waals surface area (Å²) in [7, 11) is 0. The second-order valence-corrected chi connectivity index (χ2v) is 6.61. The zero-order valence-electron chi connectivity index (χ0n) is 11.2. The summed E-state index contributed by atoms with van der Waals surface area (Å²) in [5, 5.41) is 0. The number of carbonyl (C=O) groups is 1. The maximum absolute atomic E-state index is 12.2. The summed E-state index contributed by atoms with van der Waals surface area (Å²) in [6, 6.07) is 3.52. The monoisotopic (exact) mass is 404 g/mol. The number of nitrogen functional groups attached to an aromatic ring is 1. The molecule has 6 heteroatoms. The third-order valence-electron chi connectivity index (χ3n) is 3.32. The molecule has 2 N–H and O–H groups in total. The van der Waals surface area contributed by atoms with E-state index in [1.54, 1.807) is 12.1 Å². The fourth-order valence-electron chi connectivity index (χ4n) is 2.26. The van der Waals surface area contributed by atoms with Gasteiger partial charge in [0.15, 0.2) is 6.61 Å². The van der Waals surface area contributed by atoms with Crippen LogP contribution >= 0.6 is 31.9 Å². The second kappa shape index (κ2) is 7.31. The Morgan fingerprint density at radius 3 is 2.25 bits per heavy atom. The molecular weight excluding hydrogens is 388 g/mol. The van der Waals surface area contributed by atoms with Crippen LogP contribution in [0.2, 0.25) is 0 Å². The first-order valence-corrected chi connectivity index (χ1v) is 8.31. The summed E-state index contributed by atoms with van der Waals surface area (Å²) in [6.07, 6.45) is 4.58. The van der Waals surface area contributed by atoms with Gasteiger partial charge >= 0.3 is 0 Å². The lowest BCUT2D eigenvalue weighted by Gasteiger charge is -2.20. The molecule has 0 aliphatic carbocycles. The highest BCUT2D eigenvalue weighted by Crippen LogP contribution is 2.35. The summed E-state index contributed by atoms with van der Waals surface area (Å²) in [5.74, 6) is 0.657. The third-order valence-corrected chi connectivity index (χ3v) is 4.50. The van der Waals surface area contributed by atoms with Crippen LogP contribution in [-0.4, -0.2) is 30.5 Å². The number of carbonyl (C=O) groups excluding carboxylic acids is 1. The van der Waals surface area contributed by atoms with Crippen LogP contribution in [0.25, 0.3) is 0 Å². The third kappa shape index (κ3) is 4.12. The Morgan fingerprint density at radius 2 is 1.70 bits per heavy atom. The summed E-state index contributed by atoms with van der Waals surface area (Å²) in [6.45, 7) is 1.74. The number of nitrogens with zero attached hydrogens (tertiary/aromatic N) is 1. The molecule has 1 fully saturated rings. The van der Waals surface area contributed by atoms with Crippen LogP contribution in [0.15, 0.2) is 21.1 Å². The number of halogens is 2. The zero-order valence-corrected chi connectivity index (χ0v) is 14.4. The van der Waals surface area contributed by atoms with Crippen molar-refractivity contribution in [3.63, 3.8) is 0 Å². The van der Waals surface area contributed by atoms with Gasteiger partial charge in [0, 0.05) is 18.8 Å². The Labute approximate surface area is 135 Å². The van der Waals surface area contributed by atoms with Crippen molar-refractivity contribution in [2.75, 3.05) is 25.4 Å². The van der Waals surface area contributed by atoms with Crippen molar-refractivity contribution in [1.82, 2.24) is 4.90 Å². The van der Waals surface area contributed by atoms with Gasteiger partial charge in [0.1, 0.15) is 5.75 Å². The first-order valence-electron chi connectivity index (χ1n) is 6.73. The van der Waals surface area contributed by atoms with Crippen LogP contribution < -0.4 is 10.5 Å². The lowest BCUT2D eigenvalue weighted by Crippen LogP contribution is -2.35. The van der Waals surface area contributed by atoms with Gasteiger partial charge in [0.05, 0.1) is 8.95 Å². The maximum atomic E-state index is 12.2. The number of hydrogen-bond donors (Lipinski definition) is 1. The molecule has 0 saturated carbocycles. The number of likely N-dealkylation sites (tertiary alicyclic amines) is 1. The van der Waals surface area contributed by atoms with Crippen LogP contribution in [0.3, 0.4) is 0 Å². The smallest absolute Gasteiger partial charge is 0.260 e. The number of benzene rings is 1. The van der Waals surface area contributed by atoms with Gasteiger partial charge < -0.3 is 15.4 Å². The molecule has 0 atom stereocenters. The number of rotatable bonds is 3. The minimum atomic E-state index is 0.0440. The van der Waals surface area contributed by atoms with E-state index >= 15 is 0 Å². The van der Waals surface area contributed by atoms with Crippen LogP contribution in [0, 0.1) is 0 Å². The Morgan fingerprint density at radius 1 is 1.15 bits per heavy atom. The van der Waals surface area contributed by atoms with Crippen molar-refractivity contribution in [3.8, 4) is 5.75 Å². The number of nitrogens with two attached hydrogens (primary N) is 1. The van der Waals surface area contributed by atoms with E-state index in [1.807, 2.05) is 4.90 Å². The van der Waals surface area contributed by atoms with E-state index in [9.17, 15) is 4.79 Å². The molecule has 0 bridgehead atoms. The van der Waals surface area contributed by atoms with Gasteiger partial charge in [0.25, 0.3) is 5.91 Å². The Hall–Kier alpha value is -0.750. The van der Waals surface area contributed by atoms with Gasteiger partial charge in [-0.15, -0.1) is 0 Å². The van der Waals surface area contributed by atoms with E-state index in [2.05, 4.69) is 31.9 Å². The van der Waals surface area contributed by atoms with E-state index in [1.165, 1.54) is 12.8 Å². The first-order chi connectivity index (χ1) is 9.58. The highest BCUT2D eigenvalue weighted by Gasteiger charge is 2.17. The first kappa shape index (κ1) is 15.6. The van der Waals surface area contributed by atoms with Gasteiger partial charge in [-0.05, 0) is 56.8 Å². The predicted octanol–water partition coefficient (Wildman–Crippen LogP) is 3.58. The molecule has 1 amide bonds. The Kier molecular flexibility index (Phi) is 5.72. The molecule has 2 rings (SSSR count). The average Bonchev–Trinajstić information content (AvgIpc) is 2.66. The Bertz CT molecular complexity index is 463. The zero-order chi connectivity index (χ0) is 14.5. The van der Waals surface area contributed by atoms with Crippen molar-refractivity contribution < 1.29 is 9.53 Å². The molecule has 1 aromatic rings. The second-order valence-electron chi connectivity index (χ2n) is 4.90. The topological polar surface area (TPSA) is 55.6 Å². The molecule has 1 aliphatic rings. The molecule has 1 saturated heterocycles.